The minimum atomic E-state index is -3.78. The maximum Gasteiger partial charge on any atom is 0.338 e. The van der Waals surface area contributed by atoms with Gasteiger partial charge in [0, 0.05) is 24.5 Å². The largest absolute Gasteiger partial charge is 0.452 e. The fraction of sp³-hybridized carbons (Fsp3) is 0.429. The van der Waals surface area contributed by atoms with Crippen molar-refractivity contribution < 1.29 is 27.5 Å². The monoisotopic (exact) mass is 466 g/mol. The summed E-state index contributed by atoms with van der Waals surface area (Å²) >= 11 is 1.61. The molecule has 3 rings (SSSR count). The van der Waals surface area contributed by atoms with Crippen LogP contribution in [0.5, 0.6) is 0 Å². The van der Waals surface area contributed by atoms with Gasteiger partial charge < -0.3 is 14.8 Å². The van der Waals surface area contributed by atoms with Gasteiger partial charge in [-0.3, -0.25) is 4.79 Å². The van der Waals surface area contributed by atoms with Gasteiger partial charge in [0.2, 0.25) is 10.0 Å². The first-order valence-corrected chi connectivity index (χ1v) is 12.3. The van der Waals surface area contributed by atoms with Crippen LogP contribution < -0.4 is 5.32 Å². The summed E-state index contributed by atoms with van der Waals surface area (Å²) in [6.07, 6.45) is 0.269. The van der Waals surface area contributed by atoms with E-state index in [-0.39, 0.29) is 35.8 Å². The summed E-state index contributed by atoms with van der Waals surface area (Å²) in [6.45, 7) is 4.13. The van der Waals surface area contributed by atoms with Crippen LogP contribution in [0.25, 0.3) is 0 Å². The second-order valence-electron chi connectivity index (χ2n) is 7.36. The number of sulfonamides is 1. The lowest BCUT2D eigenvalue weighted by Gasteiger charge is -2.34. The van der Waals surface area contributed by atoms with Crippen LogP contribution in [0.3, 0.4) is 0 Å². The Morgan fingerprint density at radius 2 is 1.94 bits per heavy atom. The van der Waals surface area contributed by atoms with E-state index in [2.05, 4.69) is 5.32 Å². The molecule has 1 fully saturated rings. The van der Waals surface area contributed by atoms with Crippen LogP contribution >= 0.6 is 11.3 Å². The molecule has 0 aliphatic carbocycles. The summed E-state index contributed by atoms with van der Waals surface area (Å²) < 4.78 is 38.0. The van der Waals surface area contributed by atoms with E-state index in [1.165, 1.54) is 28.6 Å². The average molecular weight is 467 g/mol. The van der Waals surface area contributed by atoms with Gasteiger partial charge in [0.25, 0.3) is 5.91 Å². The number of morpholine rings is 1. The van der Waals surface area contributed by atoms with Crippen LogP contribution in [0.1, 0.15) is 29.1 Å². The summed E-state index contributed by atoms with van der Waals surface area (Å²) in [4.78, 5) is 25.4. The Morgan fingerprint density at radius 3 is 2.61 bits per heavy atom. The molecule has 1 aliphatic rings. The molecule has 2 atom stereocenters. The van der Waals surface area contributed by atoms with Crippen molar-refractivity contribution in [2.45, 2.75) is 37.4 Å². The predicted octanol–water partition coefficient (Wildman–Crippen LogP) is 2.06. The first kappa shape index (κ1) is 23.4. The van der Waals surface area contributed by atoms with Crippen LogP contribution in [-0.2, 0) is 30.7 Å². The number of thiophene rings is 1. The van der Waals surface area contributed by atoms with E-state index in [1.54, 1.807) is 11.3 Å². The molecule has 1 aliphatic heterocycles. The summed E-state index contributed by atoms with van der Waals surface area (Å²) in [5.41, 5.74) is 0.0711. The lowest BCUT2D eigenvalue weighted by Crippen LogP contribution is -2.48. The molecular formula is C21H26N2O6S2. The molecule has 0 radical (unpaired) electrons. The van der Waals surface area contributed by atoms with Gasteiger partial charge in [-0.15, -0.1) is 11.3 Å². The summed E-state index contributed by atoms with van der Waals surface area (Å²) in [5, 5.41) is 4.66. The minimum Gasteiger partial charge on any atom is -0.452 e. The molecule has 2 aromatic rings. The van der Waals surface area contributed by atoms with E-state index < -0.39 is 28.5 Å². The lowest BCUT2D eigenvalue weighted by atomic mass is 10.2. The highest BCUT2D eigenvalue weighted by molar-refractivity contribution is 7.89. The van der Waals surface area contributed by atoms with Gasteiger partial charge >= 0.3 is 5.97 Å². The maximum absolute atomic E-state index is 13.0. The molecule has 8 nitrogen and oxygen atoms in total. The third-order valence-electron chi connectivity index (χ3n) is 4.70. The molecule has 0 saturated carbocycles. The molecule has 10 heteroatoms. The molecule has 0 bridgehead atoms. The van der Waals surface area contributed by atoms with Crippen molar-refractivity contribution in [2.24, 2.45) is 0 Å². The van der Waals surface area contributed by atoms with Gasteiger partial charge in [-0.1, -0.05) is 12.1 Å². The highest BCUT2D eigenvalue weighted by atomic mass is 32.2. The Kier molecular flexibility index (Phi) is 7.82. The number of esters is 1. The number of rotatable bonds is 8. The Balaban J connectivity index is 1.56. The van der Waals surface area contributed by atoms with E-state index in [0.717, 1.165) is 4.88 Å². The smallest absolute Gasteiger partial charge is 0.338 e. The molecule has 31 heavy (non-hydrogen) atoms. The third-order valence-corrected chi connectivity index (χ3v) is 7.47. The maximum atomic E-state index is 13.0. The zero-order chi connectivity index (χ0) is 22.4. The van der Waals surface area contributed by atoms with Crippen molar-refractivity contribution in [3.63, 3.8) is 0 Å². The number of carbonyl (C=O) groups excluding carboxylic acids is 2. The molecule has 2 heterocycles. The molecule has 2 unspecified atom stereocenters. The standard InChI is InChI=1S/C21H26N2O6S2/c1-15-12-23(13-16(2)29-15)31(26,27)19-7-3-5-17(11-19)21(25)28-14-20(24)22-9-8-18-6-4-10-30-18/h3-7,10-11,15-16H,8-9,12-14H2,1-2H3,(H,22,24). The van der Waals surface area contributed by atoms with Gasteiger partial charge in [-0.05, 0) is 49.9 Å². The Labute approximate surface area is 186 Å². The van der Waals surface area contributed by atoms with Crippen LogP contribution in [0.2, 0.25) is 0 Å². The van der Waals surface area contributed by atoms with E-state index in [1.807, 2.05) is 31.4 Å². The minimum absolute atomic E-state index is 0.00338. The normalized spacial score (nSPS) is 19.7. The highest BCUT2D eigenvalue weighted by Gasteiger charge is 2.32. The Morgan fingerprint density at radius 1 is 1.19 bits per heavy atom. The summed E-state index contributed by atoms with van der Waals surface area (Å²) in [7, 11) is -3.78. The zero-order valence-corrected chi connectivity index (χ0v) is 19.1. The molecule has 1 amide bonds. The third kappa shape index (κ3) is 6.36. The Bertz CT molecular complexity index is 997. The number of carbonyl (C=O) groups is 2. The van der Waals surface area contributed by atoms with Crippen molar-refractivity contribution in [3.8, 4) is 0 Å². The van der Waals surface area contributed by atoms with Crippen LogP contribution in [0, 0.1) is 0 Å². The van der Waals surface area contributed by atoms with Gasteiger partial charge in [-0.2, -0.15) is 4.31 Å². The van der Waals surface area contributed by atoms with Crippen LogP contribution in [-0.4, -0.2) is 63.0 Å². The van der Waals surface area contributed by atoms with Crippen molar-refractivity contribution >= 4 is 33.2 Å². The molecule has 1 aromatic carbocycles. The van der Waals surface area contributed by atoms with Crippen molar-refractivity contribution in [1.29, 1.82) is 0 Å². The predicted molar refractivity (Wildman–Crippen MR) is 117 cm³/mol. The van der Waals surface area contributed by atoms with Crippen LogP contribution in [0.4, 0.5) is 0 Å². The molecule has 168 valence electrons. The lowest BCUT2D eigenvalue weighted by molar-refractivity contribution is -0.124. The SMILES string of the molecule is CC1CN(S(=O)(=O)c2cccc(C(=O)OCC(=O)NCCc3cccs3)c2)CC(C)O1. The zero-order valence-electron chi connectivity index (χ0n) is 17.4. The van der Waals surface area contributed by atoms with E-state index in [9.17, 15) is 18.0 Å². The fourth-order valence-corrected chi connectivity index (χ4v) is 5.65. The number of nitrogens with zero attached hydrogens (tertiary/aromatic N) is 1. The quantitative estimate of drug-likeness (QED) is 0.598. The average Bonchev–Trinajstić information content (AvgIpc) is 3.25. The number of amides is 1. The fourth-order valence-electron chi connectivity index (χ4n) is 3.30. The van der Waals surface area contributed by atoms with Crippen molar-refractivity contribution in [3.05, 3.63) is 52.2 Å². The molecule has 0 spiro atoms. The Hall–Kier alpha value is -2.27. The molecule has 1 aromatic heterocycles. The summed E-state index contributed by atoms with van der Waals surface area (Å²) in [6, 6.07) is 9.58. The van der Waals surface area contributed by atoms with Crippen molar-refractivity contribution in [2.75, 3.05) is 26.2 Å². The second kappa shape index (κ2) is 10.4. The van der Waals surface area contributed by atoms with Gasteiger partial charge in [0.05, 0.1) is 22.7 Å². The first-order valence-electron chi connectivity index (χ1n) is 9.97. The molecule has 1 N–H and O–H groups in total. The second-order valence-corrected chi connectivity index (χ2v) is 10.3. The van der Waals surface area contributed by atoms with E-state index >= 15 is 0 Å². The van der Waals surface area contributed by atoms with Crippen LogP contribution in [0.15, 0.2) is 46.7 Å². The van der Waals surface area contributed by atoms with Gasteiger partial charge in [0.15, 0.2) is 6.61 Å². The highest BCUT2D eigenvalue weighted by Crippen LogP contribution is 2.22. The van der Waals surface area contributed by atoms with Gasteiger partial charge in [-0.25, -0.2) is 13.2 Å². The number of hydrogen-bond donors (Lipinski definition) is 1. The van der Waals surface area contributed by atoms with Gasteiger partial charge in [0.1, 0.15) is 0 Å². The first-order chi connectivity index (χ1) is 14.8. The van der Waals surface area contributed by atoms with E-state index in [4.69, 9.17) is 9.47 Å². The van der Waals surface area contributed by atoms with E-state index in [0.29, 0.717) is 13.0 Å². The number of ether oxygens (including phenoxy) is 2. The van der Waals surface area contributed by atoms with Crippen molar-refractivity contribution in [1.82, 2.24) is 9.62 Å². The topological polar surface area (TPSA) is 102 Å². The molecule has 1 saturated heterocycles. The number of benzene rings is 1. The summed E-state index contributed by atoms with van der Waals surface area (Å²) in [5.74, 6) is -1.17. The number of nitrogens with one attached hydrogen (secondary N) is 1. The molecular weight excluding hydrogens is 440 g/mol. The number of hydrogen-bond acceptors (Lipinski definition) is 7.